The van der Waals surface area contributed by atoms with Crippen molar-refractivity contribution in [1.82, 2.24) is 0 Å². The van der Waals surface area contributed by atoms with Crippen LogP contribution in [0.2, 0.25) is 0 Å². The predicted octanol–water partition coefficient (Wildman–Crippen LogP) is 4.84. The minimum Gasteiger partial charge on any atom is -0.462 e. The molecule has 3 rings (SSSR count). The number of carbonyl (C=O) groups excluding carboxylic acids is 2. The molecule has 0 aliphatic carbocycles. The Morgan fingerprint density at radius 2 is 1.39 bits per heavy atom. The molecule has 0 aromatic heterocycles. The van der Waals surface area contributed by atoms with Crippen molar-refractivity contribution in [3.05, 3.63) is 88.5 Å². The molecule has 0 heterocycles. The molecular formula is C25H26N2O5S. The quantitative estimate of drug-likeness (QED) is 0.485. The Morgan fingerprint density at radius 3 is 2.03 bits per heavy atom. The van der Waals surface area contributed by atoms with Gasteiger partial charge < -0.3 is 10.1 Å². The van der Waals surface area contributed by atoms with Crippen molar-refractivity contribution < 1.29 is 22.7 Å². The Hall–Kier alpha value is -3.65. The van der Waals surface area contributed by atoms with Crippen LogP contribution in [0.5, 0.6) is 0 Å². The lowest BCUT2D eigenvalue weighted by Crippen LogP contribution is -2.16. The molecular weight excluding hydrogens is 440 g/mol. The Bertz CT molecular complexity index is 1300. The average molecular weight is 467 g/mol. The van der Waals surface area contributed by atoms with E-state index in [0.717, 1.165) is 11.1 Å². The Morgan fingerprint density at radius 1 is 0.818 bits per heavy atom. The number of carbonyl (C=O) groups is 2. The number of amides is 1. The molecule has 0 aliphatic heterocycles. The first kappa shape index (κ1) is 24.0. The van der Waals surface area contributed by atoms with Crippen LogP contribution in [0, 0.1) is 20.8 Å². The Labute approximate surface area is 193 Å². The van der Waals surface area contributed by atoms with Gasteiger partial charge >= 0.3 is 5.97 Å². The topological polar surface area (TPSA) is 102 Å². The number of anilines is 2. The normalized spacial score (nSPS) is 11.0. The molecule has 0 fully saturated rings. The lowest BCUT2D eigenvalue weighted by Gasteiger charge is -2.14. The second-order valence-corrected chi connectivity index (χ2v) is 9.33. The highest BCUT2D eigenvalue weighted by Gasteiger charge is 2.17. The zero-order valence-electron chi connectivity index (χ0n) is 18.9. The molecule has 1 amide bonds. The summed E-state index contributed by atoms with van der Waals surface area (Å²) in [5, 5.41) is 2.79. The summed E-state index contributed by atoms with van der Waals surface area (Å²) in [5.74, 6) is -0.911. The maximum Gasteiger partial charge on any atom is 0.338 e. The first-order valence-corrected chi connectivity index (χ1v) is 11.9. The second kappa shape index (κ2) is 9.87. The molecule has 0 unspecified atom stereocenters. The van der Waals surface area contributed by atoms with Gasteiger partial charge in [-0.2, -0.15) is 0 Å². The SMILES string of the molecule is CCOC(=O)c1ccc(C)c(NC(=O)c2ccc(C)c(NS(=O)(=O)c3ccc(C)cc3)c2)c1. The number of hydrogen-bond donors (Lipinski definition) is 2. The van der Waals surface area contributed by atoms with E-state index in [-0.39, 0.29) is 17.1 Å². The number of rotatable bonds is 7. The van der Waals surface area contributed by atoms with Gasteiger partial charge in [0.25, 0.3) is 15.9 Å². The van der Waals surface area contributed by atoms with E-state index < -0.39 is 21.9 Å². The predicted molar refractivity (Wildman–Crippen MR) is 128 cm³/mol. The van der Waals surface area contributed by atoms with E-state index in [9.17, 15) is 18.0 Å². The van der Waals surface area contributed by atoms with E-state index in [1.54, 1.807) is 63.2 Å². The summed E-state index contributed by atoms with van der Waals surface area (Å²) in [4.78, 5) is 25.1. The number of nitrogens with one attached hydrogen (secondary N) is 2. The van der Waals surface area contributed by atoms with E-state index in [1.807, 2.05) is 6.92 Å². The lowest BCUT2D eigenvalue weighted by atomic mass is 10.1. The van der Waals surface area contributed by atoms with Crippen LogP contribution in [-0.2, 0) is 14.8 Å². The molecule has 0 radical (unpaired) electrons. The fourth-order valence-electron chi connectivity index (χ4n) is 3.09. The van der Waals surface area contributed by atoms with Gasteiger partial charge in [0, 0.05) is 11.3 Å². The monoisotopic (exact) mass is 466 g/mol. The molecule has 8 heteroatoms. The van der Waals surface area contributed by atoms with E-state index in [0.29, 0.717) is 22.5 Å². The Balaban J connectivity index is 1.84. The van der Waals surface area contributed by atoms with Gasteiger partial charge in [0.1, 0.15) is 0 Å². The smallest absolute Gasteiger partial charge is 0.338 e. The summed E-state index contributed by atoms with van der Waals surface area (Å²) in [7, 11) is -3.81. The van der Waals surface area contributed by atoms with Crippen LogP contribution in [0.15, 0.2) is 65.6 Å². The van der Waals surface area contributed by atoms with Crippen LogP contribution < -0.4 is 10.0 Å². The van der Waals surface area contributed by atoms with Crippen molar-refractivity contribution in [2.75, 3.05) is 16.6 Å². The largest absolute Gasteiger partial charge is 0.462 e. The highest BCUT2D eigenvalue weighted by molar-refractivity contribution is 7.92. The third kappa shape index (κ3) is 5.78. The molecule has 172 valence electrons. The molecule has 0 aliphatic rings. The van der Waals surface area contributed by atoms with Crippen molar-refractivity contribution in [3.8, 4) is 0 Å². The molecule has 3 aromatic carbocycles. The molecule has 0 bridgehead atoms. The summed E-state index contributed by atoms with van der Waals surface area (Å²) in [6, 6.07) is 16.2. The van der Waals surface area contributed by atoms with Crippen LogP contribution in [0.25, 0.3) is 0 Å². The van der Waals surface area contributed by atoms with Crippen LogP contribution in [0.3, 0.4) is 0 Å². The molecule has 33 heavy (non-hydrogen) atoms. The number of esters is 1. The van der Waals surface area contributed by atoms with Crippen LogP contribution in [-0.4, -0.2) is 26.9 Å². The van der Waals surface area contributed by atoms with Crippen molar-refractivity contribution >= 4 is 33.3 Å². The standard InChI is InChI=1S/C25H26N2O5S/c1-5-32-25(29)20-11-9-17(3)22(15-20)26-24(28)19-10-8-18(4)23(14-19)27-33(30,31)21-12-6-16(2)7-13-21/h6-15,27H,5H2,1-4H3,(H,26,28). The fourth-order valence-corrected chi connectivity index (χ4v) is 4.21. The maximum atomic E-state index is 12.9. The molecule has 2 N–H and O–H groups in total. The van der Waals surface area contributed by atoms with Crippen molar-refractivity contribution in [2.24, 2.45) is 0 Å². The van der Waals surface area contributed by atoms with E-state index in [1.165, 1.54) is 18.2 Å². The fraction of sp³-hybridized carbons (Fsp3) is 0.200. The van der Waals surface area contributed by atoms with Gasteiger partial charge in [-0.3, -0.25) is 9.52 Å². The van der Waals surface area contributed by atoms with E-state index >= 15 is 0 Å². The molecule has 3 aromatic rings. The van der Waals surface area contributed by atoms with Crippen LogP contribution in [0.4, 0.5) is 11.4 Å². The van der Waals surface area contributed by atoms with Crippen molar-refractivity contribution in [1.29, 1.82) is 0 Å². The molecule has 0 saturated heterocycles. The minimum absolute atomic E-state index is 0.133. The highest BCUT2D eigenvalue weighted by Crippen LogP contribution is 2.23. The molecule has 0 atom stereocenters. The number of benzene rings is 3. The van der Waals surface area contributed by atoms with Crippen LogP contribution >= 0.6 is 0 Å². The zero-order valence-corrected chi connectivity index (χ0v) is 19.7. The number of aryl methyl sites for hydroxylation is 3. The third-order valence-electron chi connectivity index (χ3n) is 5.07. The summed E-state index contributed by atoms with van der Waals surface area (Å²) < 4.78 is 33.1. The molecule has 0 spiro atoms. The van der Waals surface area contributed by atoms with Crippen molar-refractivity contribution in [3.63, 3.8) is 0 Å². The first-order valence-electron chi connectivity index (χ1n) is 10.4. The summed E-state index contributed by atoms with van der Waals surface area (Å²) >= 11 is 0. The number of hydrogen-bond acceptors (Lipinski definition) is 5. The summed E-state index contributed by atoms with van der Waals surface area (Å²) in [6.07, 6.45) is 0. The molecule has 7 nitrogen and oxygen atoms in total. The van der Waals surface area contributed by atoms with Gasteiger partial charge in [-0.05, 0) is 75.2 Å². The van der Waals surface area contributed by atoms with Gasteiger partial charge in [0.05, 0.1) is 22.8 Å². The van der Waals surface area contributed by atoms with E-state index in [2.05, 4.69) is 10.0 Å². The van der Waals surface area contributed by atoms with Gasteiger partial charge in [-0.25, -0.2) is 13.2 Å². The second-order valence-electron chi connectivity index (χ2n) is 7.65. The average Bonchev–Trinajstić information content (AvgIpc) is 2.77. The summed E-state index contributed by atoms with van der Waals surface area (Å²) in [5.41, 5.74) is 3.75. The third-order valence-corrected chi connectivity index (χ3v) is 6.45. The van der Waals surface area contributed by atoms with E-state index in [4.69, 9.17) is 4.74 Å². The van der Waals surface area contributed by atoms with Gasteiger partial charge in [0.2, 0.25) is 0 Å². The van der Waals surface area contributed by atoms with Gasteiger partial charge in [-0.15, -0.1) is 0 Å². The minimum atomic E-state index is -3.81. The van der Waals surface area contributed by atoms with Crippen molar-refractivity contribution in [2.45, 2.75) is 32.6 Å². The number of sulfonamides is 1. The molecule has 0 saturated carbocycles. The summed E-state index contributed by atoms with van der Waals surface area (Å²) in [6.45, 7) is 7.40. The lowest BCUT2D eigenvalue weighted by molar-refractivity contribution is 0.0526. The zero-order chi connectivity index (χ0) is 24.2. The first-order chi connectivity index (χ1) is 15.6. The van der Waals surface area contributed by atoms with Crippen LogP contribution in [0.1, 0.15) is 44.3 Å². The highest BCUT2D eigenvalue weighted by atomic mass is 32.2. The van der Waals surface area contributed by atoms with Gasteiger partial charge in [0.15, 0.2) is 0 Å². The number of ether oxygens (including phenoxy) is 1. The maximum absolute atomic E-state index is 12.9. The Kier molecular flexibility index (Phi) is 7.18. The van der Waals surface area contributed by atoms with Gasteiger partial charge in [-0.1, -0.05) is 29.8 Å².